The Morgan fingerprint density at radius 2 is 1.84 bits per heavy atom. The maximum absolute atomic E-state index is 13.3. The number of aliphatic hydroxyl groups is 1. The van der Waals surface area contributed by atoms with E-state index in [1.54, 1.807) is 23.1 Å². The van der Waals surface area contributed by atoms with Crippen molar-refractivity contribution in [3.8, 4) is 17.2 Å². The van der Waals surface area contributed by atoms with Crippen molar-refractivity contribution >= 4 is 17.4 Å². The number of nitrogens with zero attached hydrogens (tertiary/aromatic N) is 2. The third-order valence-electron chi connectivity index (χ3n) is 6.55. The van der Waals surface area contributed by atoms with Crippen LogP contribution >= 0.6 is 0 Å². The van der Waals surface area contributed by atoms with E-state index in [9.17, 15) is 14.7 Å². The summed E-state index contributed by atoms with van der Waals surface area (Å²) in [7, 11) is 3.93. The van der Waals surface area contributed by atoms with Crippen molar-refractivity contribution in [2.24, 2.45) is 0 Å². The van der Waals surface area contributed by atoms with Crippen LogP contribution in [0.15, 0.2) is 48.0 Å². The van der Waals surface area contributed by atoms with E-state index >= 15 is 0 Å². The van der Waals surface area contributed by atoms with Crippen molar-refractivity contribution < 1.29 is 28.9 Å². The molecule has 1 atom stereocenters. The molecule has 0 aromatic heterocycles. The van der Waals surface area contributed by atoms with Gasteiger partial charge in [0.15, 0.2) is 11.5 Å². The van der Waals surface area contributed by atoms with Crippen LogP contribution in [-0.2, 0) is 9.59 Å². The zero-order chi connectivity index (χ0) is 26.4. The van der Waals surface area contributed by atoms with Crippen LogP contribution in [0.4, 0.5) is 0 Å². The van der Waals surface area contributed by atoms with Crippen LogP contribution in [-0.4, -0.2) is 73.6 Å². The molecule has 2 aromatic rings. The lowest BCUT2D eigenvalue weighted by atomic mass is 9.95. The second-order valence-corrected chi connectivity index (χ2v) is 9.64. The molecule has 2 aliphatic rings. The van der Waals surface area contributed by atoms with E-state index in [1.807, 2.05) is 43.3 Å². The van der Waals surface area contributed by atoms with Gasteiger partial charge in [-0.05, 0) is 69.4 Å². The van der Waals surface area contributed by atoms with Gasteiger partial charge in [0.1, 0.15) is 24.7 Å². The molecule has 0 unspecified atom stereocenters. The molecule has 0 radical (unpaired) electrons. The number of fused-ring (bicyclic) bond motifs is 1. The molecule has 1 saturated heterocycles. The van der Waals surface area contributed by atoms with Crippen LogP contribution in [0.5, 0.6) is 17.2 Å². The molecule has 0 aliphatic carbocycles. The summed E-state index contributed by atoms with van der Waals surface area (Å²) in [5, 5.41) is 11.4. The lowest BCUT2D eigenvalue weighted by Gasteiger charge is -2.26. The maximum atomic E-state index is 13.3. The number of carbonyl (C=O) groups is 2. The number of hydrogen-bond acceptors (Lipinski definition) is 7. The minimum atomic E-state index is -0.727. The van der Waals surface area contributed by atoms with Crippen LogP contribution in [0.25, 0.3) is 5.76 Å². The molecule has 0 spiro atoms. The van der Waals surface area contributed by atoms with E-state index in [-0.39, 0.29) is 11.3 Å². The lowest BCUT2D eigenvalue weighted by Crippen LogP contribution is -2.32. The largest absolute Gasteiger partial charge is 0.507 e. The number of ketones is 1. The van der Waals surface area contributed by atoms with Gasteiger partial charge in [0.05, 0.1) is 18.2 Å². The van der Waals surface area contributed by atoms with E-state index < -0.39 is 17.7 Å². The SMILES string of the molecule is CCCCCOc1cccc([C@@H]2C(=C(O)c3ccc4c(c3)OCCO4)C(=O)C(=O)N2CCCN(C)C)c1. The van der Waals surface area contributed by atoms with Gasteiger partial charge in [0.25, 0.3) is 11.7 Å². The van der Waals surface area contributed by atoms with Crippen LogP contribution in [0.1, 0.15) is 49.8 Å². The van der Waals surface area contributed by atoms with Gasteiger partial charge in [0.2, 0.25) is 0 Å². The highest BCUT2D eigenvalue weighted by molar-refractivity contribution is 6.46. The third-order valence-corrected chi connectivity index (χ3v) is 6.55. The van der Waals surface area contributed by atoms with E-state index in [0.29, 0.717) is 55.6 Å². The number of benzene rings is 2. The van der Waals surface area contributed by atoms with Gasteiger partial charge in [-0.25, -0.2) is 0 Å². The molecule has 0 bridgehead atoms. The zero-order valence-electron chi connectivity index (χ0n) is 21.9. The van der Waals surface area contributed by atoms with E-state index in [0.717, 1.165) is 31.4 Å². The van der Waals surface area contributed by atoms with E-state index in [2.05, 4.69) is 6.92 Å². The second kappa shape index (κ2) is 12.1. The predicted octanol–water partition coefficient (Wildman–Crippen LogP) is 4.40. The minimum Gasteiger partial charge on any atom is -0.507 e. The Morgan fingerprint density at radius 1 is 1.05 bits per heavy atom. The second-order valence-electron chi connectivity index (χ2n) is 9.64. The summed E-state index contributed by atoms with van der Waals surface area (Å²) in [4.78, 5) is 30.1. The average molecular weight is 509 g/mol. The van der Waals surface area contributed by atoms with Gasteiger partial charge in [-0.1, -0.05) is 31.9 Å². The monoisotopic (exact) mass is 508 g/mol. The van der Waals surface area contributed by atoms with Crippen molar-refractivity contribution in [2.75, 3.05) is 47.0 Å². The Labute approximate surface area is 218 Å². The molecular formula is C29H36N2O6. The van der Waals surface area contributed by atoms with Gasteiger partial charge in [0, 0.05) is 12.1 Å². The number of amides is 1. The smallest absolute Gasteiger partial charge is 0.295 e. The summed E-state index contributed by atoms with van der Waals surface area (Å²) in [6.07, 6.45) is 3.83. The van der Waals surface area contributed by atoms with Crippen LogP contribution in [0.2, 0.25) is 0 Å². The van der Waals surface area contributed by atoms with E-state index in [1.165, 1.54) is 0 Å². The Kier molecular flexibility index (Phi) is 8.71. The first kappa shape index (κ1) is 26.5. The zero-order valence-corrected chi connectivity index (χ0v) is 21.9. The molecule has 2 aliphatic heterocycles. The van der Waals surface area contributed by atoms with E-state index in [4.69, 9.17) is 14.2 Å². The lowest BCUT2D eigenvalue weighted by molar-refractivity contribution is -0.139. The number of hydrogen-bond donors (Lipinski definition) is 1. The minimum absolute atomic E-state index is 0.0645. The molecule has 1 amide bonds. The van der Waals surface area contributed by atoms with Crippen molar-refractivity contribution in [1.82, 2.24) is 9.80 Å². The normalized spacial score (nSPS) is 18.5. The highest BCUT2D eigenvalue weighted by atomic mass is 16.6. The standard InChI is InChI=1S/C29H36N2O6/c1-4-5-6-15-35-22-10-7-9-20(18-22)26-25(28(33)29(34)31(26)14-8-13-30(2)3)27(32)21-11-12-23-24(19-21)37-17-16-36-23/h7,9-12,18-19,26,32H,4-6,8,13-17H2,1-3H3/t26-/m1/s1. The third kappa shape index (κ3) is 6.07. The number of rotatable bonds is 11. The Balaban J connectivity index is 1.72. The quantitative estimate of drug-likeness (QED) is 0.208. The molecule has 2 heterocycles. The summed E-state index contributed by atoms with van der Waals surface area (Å²) >= 11 is 0. The predicted molar refractivity (Wildman–Crippen MR) is 141 cm³/mol. The van der Waals surface area contributed by atoms with Crippen LogP contribution < -0.4 is 14.2 Å². The topological polar surface area (TPSA) is 88.5 Å². The molecule has 1 N–H and O–H groups in total. The van der Waals surface area contributed by atoms with Crippen molar-refractivity contribution in [3.63, 3.8) is 0 Å². The molecule has 2 aromatic carbocycles. The van der Waals surface area contributed by atoms with Crippen molar-refractivity contribution in [1.29, 1.82) is 0 Å². The van der Waals surface area contributed by atoms with Gasteiger partial charge >= 0.3 is 0 Å². The molecule has 37 heavy (non-hydrogen) atoms. The van der Waals surface area contributed by atoms with Crippen molar-refractivity contribution in [2.45, 2.75) is 38.6 Å². The number of ether oxygens (including phenoxy) is 3. The summed E-state index contributed by atoms with van der Waals surface area (Å²) < 4.78 is 17.2. The molecule has 0 saturated carbocycles. The highest BCUT2D eigenvalue weighted by Gasteiger charge is 2.46. The number of carbonyl (C=O) groups excluding carboxylic acids is 2. The molecule has 8 heteroatoms. The van der Waals surface area contributed by atoms with Gasteiger partial charge < -0.3 is 29.1 Å². The number of unbranched alkanes of at least 4 members (excludes halogenated alkanes) is 2. The first-order chi connectivity index (χ1) is 17.9. The molecule has 8 nitrogen and oxygen atoms in total. The fourth-order valence-corrected chi connectivity index (χ4v) is 4.68. The molecule has 1 fully saturated rings. The van der Waals surface area contributed by atoms with Gasteiger partial charge in [-0.2, -0.15) is 0 Å². The van der Waals surface area contributed by atoms with Gasteiger partial charge in [-0.3, -0.25) is 9.59 Å². The van der Waals surface area contributed by atoms with Gasteiger partial charge in [-0.15, -0.1) is 0 Å². The summed E-state index contributed by atoms with van der Waals surface area (Å²) in [5.41, 5.74) is 1.18. The molecular weight excluding hydrogens is 472 g/mol. The summed E-state index contributed by atoms with van der Waals surface area (Å²) in [6, 6.07) is 11.7. The Bertz CT molecular complexity index is 1160. The molecule has 4 rings (SSSR count). The first-order valence-electron chi connectivity index (χ1n) is 13.0. The Morgan fingerprint density at radius 3 is 2.59 bits per heavy atom. The number of aliphatic hydroxyl groups excluding tert-OH is 1. The van der Waals surface area contributed by atoms with Crippen LogP contribution in [0, 0.1) is 0 Å². The van der Waals surface area contributed by atoms with Crippen LogP contribution in [0.3, 0.4) is 0 Å². The number of likely N-dealkylation sites (tertiary alicyclic amines) is 1. The fraction of sp³-hybridized carbons (Fsp3) is 0.448. The molecule has 198 valence electrons. The Hall–Kier alpha value is -3.52. The average Bonchev–Trinajstić information content (AvgIpc) is 3.15. The maximum Gasteiger partial charge on any atom is 0.295 e. The first-order valence-corrected chi connectivity index (χ1v) is 13.0. The summed E-state index contributed by atoms with van der Waals surface area (Å²) in [6.45, 7) is 4.73. The summed E-state index contributed by atoms with van der Waals surface area (Å²) in [5.74, 6) is 0.205. The fourth-order valence-electron chi connectivity index (χ4n) is 4.68. The van der Waals surface area contributed by atoms with Crippen molar-refractivity contribution in [3.05, 3.63) is 59.2 Å². The highest BCUT2D eigenvalue weighted by Crippen LogP contribution is 2.41. The number of Topliss-reactive ketones (excluding diaryl/α,β-unsaturated/α-hetero) is 1.